The average Bonchev–Trinajstić information content (AvgIpc) is 3.25. The Morgan fingerprint density at radius 2 is 2.20 bits per heavy atom. The maximum absolute atomic E-state index is 10.6. The van der Waals surface area contributed by atoms with Crippen LogP contribution in [0, 0.1) is 5.92 Å². The van der Waals surface area contributed by atoms with Crippen LogP contribution in [0.3, 0.4) is 0 Å². The zero-order valence-electron chi connectivity index (χ0n) is 13.8. The van der Waals surface area contributed by atoms with Crippen LogP contribution in [0.5, 0.6) is 0 Å². The molecule has 3 aromatic heterocycles. The minimum Gasteiger partial charge on any atom is -0.465 e. The smallest absolute Gasteiger partial charge is 0.404 e. The number of aromatic amines is 1. The summed E-state index contributed by atoms with van der Waals surface area (Å²) in [5, 5.41) is 22.8. The fraction of sp³-hybridized carbons (Fsp3) is 0.500. The highest BCUT2D eigenvalue weighted by Gasteiger charge is 2.21. The first-order valence-corrected chi connectivity index (χ1v) is 8.55. The van der Waals surface area contributed by atoms with Gasteiger partial charge in [-0.25, -0.2) is 9.78 Å². The molecule has 1 aliphatic rings. The summed E-state index contributed by atoms with van der Waals surface area (Å²) in [6.45, 7) is 1.31. The third kappa shape index (κ3) is 3.27. The van der Waals surface area contributed by atoms with Crippen molar-refractivity contribution < 1.29 is 9.90 Å². The van der Waals surface area contributed by atoms with E-state index in [-0.39, 0.29) is 0 Å². The number of aromatic nitrogens is 5. The van der Waals surface area contributed by atoms with Crippen molar-refractivity contribution in [1.29, 1.82) is 0 Å². The van der Waals surface area contributed by atoms with Gasteiger partial charge in [0.1, 0.15) is 6.33 Å². The Hall–Kier alpha value is -2.68. The van der Waals surface area contributed by atoms with Crippen LogP contribution < -0.4 is 10.6 Å². The standard InChI is InChI=1S/C16H21N7O2/c24-16(25)20-5-10-1-3-12(4-2-10)17-6-11-7-18-15-14(11)23-9-21-22-13(23)8-19-15/h7-10,12,17-18,20H,1-6H2,(H,24,25)/t10-,12-. The molecule has 0 spiro atoms. The van der Waals surface area contributed by atoms with Crippen molar-refractivity contribution in [3.63, 3.8) is 0 Å². The fourth-order valence-electron chi connectivity index (χ4n) is 3.63. The molecule has 132 valence electrons. The van der Waals surface area contributed by atoms with Gasteiger partial charge in [0.2, 0.25) is 0 Å². The molecule has 0 saturated heterocycles. The Morgan fingerprint density at radius 1 is 1.36 bits per heavy atom. The van der Waals surface area contributed by atoms with Crippen LogP contribution in [-0.2, 0) is 6.54 Å². The molecule has 0 aliphatic heterocycles. The Bertz CT molecular complexity index is 879. The molecule has 1 aliphatic carbocycles. The van der Waals surface area contributed by atoms with E-state index in [4.69, 9.17) is 5.11 Å². The Kier molecular flexibility index (Phi) is 4.22. The molecule has 0 aromatic carbocycles. The van der Waals surface area contributed by atoms with Gasteiger partial charge in [-0.15, -0.1) is 10.2 Å². The third-order valence-electron chi connectivity index (χ3n) is 5.01. The summed E-state index contributed by atoms with van der Waals surface area (Å²) in [5.41, 5.74) is 3.71. The van der Waals surface area contributed by atoms with E-state index in [1.807, 2.05) is 10.6 Å². The fourth-order valence-corrected chi connectivity index (χ4v) is 3.63. The van der Waals surface area contributed by atoms with E-state index in [0.717, 1.165) is 54.6 Å². The van der Waals surface area contributed by atoms with Crippen LogP contribution in [0.2, 0.25) is 0 Å². The molecule has 9 heteroatoms. The van der Waals surface area contributed by atoms with Gasteiger partial charge in [0, 0.05) is 30.9 Å². The van der Waals surface area contributed by atoms with E-state index in [1.54, 1.807) is 12.5 Å². The molecular weight excluding hydrogens is 322 g/mol. The maximum Gasteiger partial charge on any atom is 0.404 e. The van der Waals surface area contributed by atoms with Crippen LogP contribution in [0.4, 0.5) is 4.79 Å². The van der Waals surface area contributed by atoms with Crippen LogP contribution >= 0.6 is 0 Å². The molecule has 25 heavy (non-hydrogen) atoms. The van der Waals surface area contributed by atoms with E-state index < -0.39 is 6.09 Å². The SMILES string of the molecule is O=C(O)NC[C@H]1CC[C@H](NCc2c[nH]c3ncc4nncn4c23)CC1. The molecular formula is C16H21N7O2. The molecule has 4 rings (SSSR count). The van der Waals surface area contributed by atoms with Gasteiger partial charge in [-0.3, -0.25) is 4.40 Å². The van der Waals surface area contributed by atoms with Gasteiger partial charge in [0.25, 0.3) is 0 Å². The minimum atomic E-state index is -0.937. The Morgan fingerprint density at radius 3 is 3.00 bits per heavy atom. The van der Waals surface area contributed by atoms with Gasteiger partial charge in [-0.05, 0) is 31.6 Å². The third-order valence-corrected chi connectivity index (χ3v) is 5.01. The quantitative estimate of drug-likeness (QED) is 0.557. The molecule has 0 bridgehead atoms. The number of rotatable bonds is 5. The number of H-pyrrole nitrogens is 1. The second-order valence-corrected chi connectivity index (χ2v) is 6.61. The summed E-state index contributed by atoms with van der Waals surface area (Å²) in [7, 11) is 0. The van der Waals surface area contributed by atoms with E-state index in [2.05, 4.69) is 30.8 Å². The largest absolute Gasteiger partial charge is 0.465 e. The summed E-state index contributed by atoms with van der Waals surface area (Å²) in [6, 6.07) is 0.458. The van der Waals surface area contributed by atoms with Crippen molar-refractivity contribution in [1.82, 2.24) is 35.2 Å². The van der Waals surface area contributed by atoms with Crippen molar-refractivity contribution >= 4 is 22.9 Å². The van der Waals surface area contributed by atoms with E-state index in [0.29, 0.717) is 18.5 Å². The highest BCUT2D eigenvalue weighted by molar-refractivity contribution is 5.78. The number of hydrogen-bond donors (Lipinski definition) is 4. The average molecular weight is 343 g/mol. The number of carboxylic acid groups (broad SMARTS) is 1. The molecule has 9 nitrogen and oxygen atoms in total. The van der Waals surface area contributed by atoms with Crippen LogP contribution in [-0.4, -0.2) is 48.4 Å². The summed E-state index contributed by atoms with van der Waals surface area (Å²) in [4.78, 5) is 18.2. The van der Waals surface area contributed by atoms with Crippen LogP contribution in [0.15, 0.2) is 18.7 Å². The van der Waals surface area contributed by atoms with Gasteiger partial charge in [-0.2, -0.15) is 0 Å². The monoisotopic (exact) mass is 343 g/mol. The molecule has 3 heterocycles. The molecule has 0 radical (unpaired) electrons. The van der Waals surface area contributed by atoms with E-state index in [9.17, 15) is 4.79 Å². The van der Waals surface area contributed by atoms with Crippen molar-refractivity contribution in [2.75, 3.05) is 6.54 Å². The van der Waals surface area contributed by atoms with Gasteiger partial charge in [0.05, 0.1) is 11.7 Å². The maximum atomic E-state index is 10.6. The molecule has 0 unspecified atom stereocenters. The normalized spacial score (nSPS) is 21.0. The van der Waals surface area contributed by atoms with Crippen molar-refractivity contribution in [2.24, 2.45) is 5.92 Å². The van der Waals surface area contributed by atoms with Crippen molar-refractivity contribution in [2.45, 2.75) is 38.3 Å². The lowest BCUT2D eigenvalue weighted by Gasteiger charge is -2.29. The van der Waals surface area contributed by atoms with Crippen LogP contribution in [0.1, 0.15) is 31.2 Å². The van der Waals surface area contributed by atoms with Crippen molar-refractivity contribution in [3.8, 4) is 0 Å². The molecule has 1 amide bonds. The highest BCUT2D eigenvalue weighted by Crippen LogP contribution is 2.24. The summed E-state index contributed by atoms with van der Waals surface area (Å²) in [6.07, 6.45) is 8.67. The van der Waals surface area contributed by atoms with Gasteiger partial charge < -0.3 is 20.7 Å². The highest BCUT2D eigenvalue weighted by atomic mass is 16.4. The second kappa shape index (κ2) is 6.67. The zero-order chi connectivity index (χ0) is 17.2. The molecule has 4 N–H and O–H groups in total. The lowest BCUT2D eigenvalue weighted by atomic mass is 9.86. The van der Waals surface area contributed by atoms with E-state index >= 15 is 0 Å². The van der Waals surface area contributed by atoms with Crippen LogP contribution in [0.25, 0.3) is 16.8 Å². The van der Waals surface area contributed by atoms with Gasteiger partial charge >= 0.3 is 6.09 Å². The lowest BCUT2D eigenvalue weighted by molar-refractivity contribution is 0.189. The number of amides is 1. The minimum absolute atomic E-state index is 0.447. The number of fused-ring (bicyclic) bond motifs is 3. The number of carbonyl (C=O) groups is 1. The Balaban J connectivity index is 1.37. The molecule has 0 atom stereocenters. The molecule has 1 saturated carbocycles. The summed E-state index contributed by atoms with van der Waals surface area (Å²) in [5.74, 6) is 0.447. The zero-order valence-corrected chi connectivity index (χ0v) is 13.8. The lowest BCUT2D eigenvalue weighted by Crippen LogP contribution is -2.36. The summed E-state index contributed by atoms with van der Waals surface area (Å²) >= 11 is 0. The van der Waals surface area contributed by atoms with Crippen molar-refractivity contribution in [3.05, 3.63) is 24.3 Å². The first kappa shape index (κ1) is 15.8. The molecule has 3 aromatic rings. The Labute approximate surface area is 143 Å². The van der Waals surface area contributed by atoms with E-state index in [1.165, 1.54) is 0 Å². The number of hydrogen-bond acceptors (Lipinski definition) is 5. The number of nitrogens with one attached hydrogen (secondary N) is 3. The first-order chi connectivity index (χ1) is 12.2. The summed E-state index contributed by atoms with van der Waals surface area (Å²) < 4.78 is 1.95. The van der Waals surface area contributed by atoms with Gasteiger partial charge in [0.15, 0.2) is 11.3 Å². The van der Waals surface area contributed by atoms with Gasteiger partial charge in [-0.1, -0.05) is 0 Å². The second-order valence-electron chi connectivity index (χ2n) is 6.61. The predicted molar refractivity (Wildman–Crippen MR) is 91.3 cm³/mol. The first-order valence-electron chi connectivity index (χ1n) is 8.55. The molecule has 1 fully saturated rings. The topological polar surface area (TPSA) is 120 Å². The predicted octanol–water partition coefficient (Wildman–Crippen LogP) is 1.52. The number of nitrogens with zero attached hydrogens (tertiary/aromatic N) is 4.